The fourth-order valence-electron chi connectivity index (χ4n) is 2.21. The second-order valence-corrected chi connectivity index (χ2v) is 5.09. The maximum absolute atomic E-state index is 12.0. The van der Waals surface area contributed by atoms with Crippen LogP contribution in [-0.2, 0) is 0 Å². The number of carboxylic acid groups (broad SMARTS) is 1. The van der Waals surface area contributed by atoms with E-state index in [9.17, 15) is 9.59 Å². The van der Waals surface area contributed by atoms with Gasteiger partial charge in [0.2, 0.25) is 0 Å². The van der Waals surface area contributed by atoms with Crippen LogP contribution in [-0.4, -0.2) is 28.4 Å². The molecule has 0 fully saturated rings. The number of aromatic amines is 2. The summed E-state index contributed by atoms with van der Waals surface area (Å²) in [5.74, 6) is -0.377. The molecule has 0 saturated carbocycles. The van der Waals surface area contributed by atoms with E-state index >= 15 is 0 Å². The Morgan fingerprint density at radius 1 is 1.08 bits per heavy atom. The fraction of sp³-hybridized carbons (Fsp3) is 0.0588. The van der Waals surface area contributed by atoms with Gasteiger partial charge in [-0.05, 0) is 36.4 Å². The van der Waals surface area contributed by atoms with Gasteiger partial charge in [-0.25, -0.2) is 4.79 Å². The van der Waals surface area contributed by atoms with Gasteiger partial charge in [-0.15, -0.1) is 5.11 Å². The molecule has 0 spiro atoms. The van der Waals surface area contributed by atoms with Crippen molar-refractivity contribution in [3.63, 3.8) is 0 Å². The van der Waals surface area contributed by atoms with E-state index in [1.165, 1.54) is 24.3 Å². The molecule has 8 heteroatoms. The maximum Gasteiger partial charge on any atom is 0.335 e. The number of nitrogens with zero attached hydrogens (tertiary/aromatic N) is 2. The average Bonchev–Trinajstić information content (AvgIpc) is 3.01. The van der Waals surface area contributed by atoms with E-state index in [0.29, 0.717) is 22.7 Å². The molecule has 2 aromatic carbocycles. The number of hydrogen-bond donors (Lipinski definition) is 3. The summed E-state index contributed by atoms with van der Waals surface area (Å²) in [6.07, 6.45) is 0. The first-order valence-electron chi connectivity index (χ1n) is 7.28. The summed E-state index contributed by atoms with van der Waals surface area (Å²) >= 11 is 0. The fourth-order valence-corrected chi connectivity index (χ4v) is 2.21. The van der Waals surface area contributed by atoms with E-state index in [2.05, 4.69) is 20.4 Å². The predicted octanol–water partition coefficient (Wildman–Crippen LogP) is 3.49. The summed E-state index contributed by atoms with van der Waals surface area (Å²) in [5, 5.41) is 22.1. The standard InChI is InChI=1S/C17H14N4O4/c1-25-13-4-2-3-11(9-13)14-15(16(22)21-19-14)20-18-12-7-5-10(6-8-12)17(23)24/h2-9H,1H3,(H,23,24)(H2,19,21,22). The van der Waals surface area contributed by atoms with Gasteiger partial charge in [0.05, 0.1) is 24.1 Å². The Balaban J connectivity index is 1.94. The average molecular weight is 338 g/mol. The number of rotatable bonds is 5. The van der Waals surface area contributed by atoms with Crippen molar-refractivity contribution in [2.45, 2.75) is 0 Å². The third kappa shape index (κ3) is 3.47. The molecular formula is C17H14N4O4. The lowest BCUT2D eigenvalue weighted by atomic mass is 10.1. The van der Waals surface area contributed by atoms with Gasteiger partial charge < -0.3 is 9.84 Å². The van der Waals surface area contributed by atoms with Crippen LogP contribution in [0.2, 0.25) is 0 Å². The number of ether oxygens (including phenoxy) is 1. The third-order valence-corrected chi connectivity index (χ3v) is 3.49. The molecule has 126 valence electrons. The molecule has 0 bridgehead atoms. The van der Waals surface area contributed by atoms with Crippen molar-refractivity contribution < 1.29 is 14.6 Å². The van der Waals surface area contributed by atoms with E-state index in [-0.39, 0.29) is 11.3 Å². The molecule has 0 aliphatic heterocycles. The molecule has 0 aliphatic rings. The van der Waals surface area contributed by atoms with Crippen LogP contribution in [0.1, 0.15) is 10.4 Å². The van der Waals surface area contributed by atoms with Crippen molar-refractivity contribution in [3.8, 4) is 17.0 Å². The minimum atomic E-state index is -1.02. The Hall–Kier alpha value is -3.68. The third-order valence-electron chi connectivity index (χ3n) is 3.49. The largest absolute Gasteiger partial charge is 0.497 e. The molecular weight excluding hydrogens is 324 g/mol. The number of azo groups is 1. The smallest absolute Gasteiger partial charge is 0.335 e. The molecule has 0 aliphatic carbocycles. The molecule has 25 heavy (non-hydrogen) atoms. The molecule has 0 unspecified atom stereocenters. The predicted molar refractivity (Wildman–Crippen MR) is 91.0 cm³/mol. The summed E-state index contributed by atoms with van der Waals surface area (Å²) in [5.41, 5.74) is 1.49. The van der Waals surface area contributed by atoms with Crippen molar-refractivity contribution in [1.29, 1.82) is 0 Å². The Bertz CT molecular complexity index is 986. The summed E-state index contributed by atoms with van der Waals surface area (Å²) in [7, 11) is 1.56. The number of methoxy groups -OCH3 is 1. The lowest BCUT2D eigenvalue weighted by molar-refractivity contribution is 0.0697. The molecule has 0 amide bonds. The first-order chi connectivity index (χ1) is 12.1. The number of aromatic carboxylic acids is 1. The Labute approximate surface area is 141 Å². The van der Waals surface area contributed by atoms with Crippen LogP contribution in [0.4, 0.5) is 11.4 Å². The van der Waals surface area contributed by atoms with Crippen molar-refractivity contribution >= 4 is 17.3 Å². The second-order valence-electron chi connectivity index (χ2n) is 5.09. The lowest BCUT2D eigenvalue weighted by Gasteiger charge is -2.02. The number of carbonyl (C=O) groups is 1. The number of benzene rings is 2. The topological polar surface area (TPSA) is 120 Å². The zero-order valence-electron chi connectivity index (χ0n) is 13.2. The minimum absolute atomic E-state index is 0.121. The van der Waals surface area contributed by atoms with Gasteiger partial charge in [-0.3, -0.25) is 15.0 Å². The molecule has 3 N–H and O–H groups in total. The highest BCUT2D eigenvalue weighted by atomic mass is 16.5. The van der Waals surface area contributed by atoms with Crippen molar-refractivity contribution in [1.82, 2.24) is 10.2 Å². The van der Waals surface area contributed by atoms with E-state index in [1.54, 1.807) is 25.3 Å². The maximum atomic E-state index is 12.0. The Morgan fingerprint density at radius 2 is 1.84 bits per heavy atom. The molecule has 0 atom stereocenters. The minimum Gasteiger partial charge on any atom is -0.497 e. The quantitative estimate of drug-likeness (QED) is 0.617. The molecule has 8 nitrogen and oxygen atoms in total. The Morgan fingerprint density at radius 3 is 2.52 bits per heavy atom. The van der Waals surface area contributed by atoms with E-state index in [4.69, 9.17) is 9.84 Å². The first kappa shape index (κ1) is 16.2. The number of carboxylic acids is 1. The summed E-state index contributed by atoms with van der Waals surface area (Å²) in [6, 6.07) is 13.0. The highest BCUT2D eigenvalue weighted by Gasteiger charge is 2.12. The molecule has 3 aromatic rings. The second kappa shape index (κ2) is 6.83. The van der Waals surface area contributed by atoms with Gasteiger partial charge in [0.1, 0.15) is 5.75 Å². The number of nitrogens with one attached hydrogen (secondary N) is 2. The Kier molecular flexibility index (Phi) is 4.42. The van der Waals surface area contributed by atoms with E-state index in [0.717, 1.165) is 0 Å². The highest BCUT2D eigenvalue weighted by molar-refractivity contribution is 5.87. The number of aromatic nitrogens is 2. The van der Waals surface area contributed by atoms with Crippen molar-refractivity contribution in [3.05, 3.63) is 64.4 Å². The van der Waals surface area contributed by atoms with Crippen LogP contribution in [0.5, 0.6) is 5.75 Å². The van der Waals surface area contributed by atoms with Gasteiger partial charge in [0, 0.05) is 5.56 Å². The number of H-pyrrole nitrogens is 2. The van der Waals surface area contributed by atoms with Crippen LogP contribution in [0, 0.1) is 0 Å². The summed E-state index contributed by atoms with van der Waals surface area (Å²) in [6.45, 7) is 0. The van der Waals surface area contributed by atoms with Crippen LogP contribution in [0.3, 0.4) is 0 Å². The van der Waals surface area contributed by atoms with Crippen LogP contribution >= 0.6 is 0 Å². The lowest BCUT2D eigenvalue weighted by Crippen LogP contribution is -1.96. The van der Waals surface area contributed by atoms with Gasteiger partial charge in [-0.2, -0.15) is 5.11 Å². The zero-order valence-corrected chi connectivity index (χ0v) is 13.2. The zero-order chi connectivity index (χ0) is 17.8. The van der Waals surface area contributed by atoms with Crippen LogP contribution in [0.25, 0.3) is 11.3 Å². The molecule has 1 heterocycles. The van der Waals surface area contributed by atoms with Gasteiger partial charge in [-0.1, -0.05) is 12.1 Å². The molecule has 0 radical (unpaired) electrons. The van der Waals surface area contributed by atoms with E-state index < -0.39 is 11.5 Å². The monoisotopic (exact) mass is 338 g/mol. The molecule has 3 rings (SSSR count). The summed E-state index contributed by atoms with van der Waals surface area (Å²) in [4.78, 5) is 22.8. The van der Waals surface area contributed by atoms with Gasteiger partial charge in [0.25, 0.3) is 5.56 Å². The SMILES string of the molecule is COc1cccc(-c2[nH][nH]c(=O)c2N=Nc2ccc(C(=O)O)cc2)c1. The highest BCUT2D eigenvalue weighted by Crippen LogP contribution is 2.28. The normalized spacial score (nSPS) is 10.9. The molecule has 0 saturated heterocycles. The van der Waals surface area contributed by atoms with Gasteiger partial charge in [0.15, 0.2) is 5.69 Å². The first-order valence-corrected chi connectivity index (χ1v) is 7.28. The van der Waals surface area contributed by atoms with Crippen LogP contribution in [0.15, 0.2) is 63.6 Å². The van der Waals surface area contributed by atoms with Crippen molar-refractivity contribution in [2.75, 3.05) is 7.11 Å². The number of hydrogen-bond acceptors (Lipinski definition) is 5. The summed E-state index contributed by atoms with van der Waals surface area (Å²) < 4.78 is 5.18. The molecule has 1 aromatic heterocycles. The van der Waals surface area contributed by atoms with Crippen LogP contribution < -0.4 is 10.3 Å². The van der Waals surface area contributed by atoms with E-state index in [1.807, 2.05) is 6.07 Å². The van der Waals surface area contributed by atoms with Gasteiger partial charge >= 0.3 is 5.97 Å². The van der Waals surface area contributed by atoms with Crippen molar-refractivity contribution in [2.24, 2.45) is 10.2 Å².